The van der Waals surface area contributed by atoms with Gasteiger partial charge >= 0.3 is 0 Å². The van der Waals surface area contributed by atoms with Crippen LogP contribution in [-0.2, 0) is 9.59 Å². The van der Waals surface area contributed by atoms with Gasteiger partial charge in [0, 0.05) is 29.7 Å². The molecular weight excluding hydrogens is 423 g/mol. The molecule has 1 aliphatic rings. The molecule has 8 nitrogen and oxygen atoms in total. The molecule has 4 rings (SSSR count). The summed E-state index contributed by atoms with van der Waals surface area (Å²) in [5.74, 6) is -1.93. The number of rotatable bonds is 4. The number of carbonyl (C=O) groups excluding carboxylic acids is 2. The molecule has 2 aromatic carbocycles. The van der Waals surface area contributed by atoms with Crippen LogP contribution >= 0.6 is 12.2 Å². The van der Waals surface area contributed by atoms with Gasteiger partial charge in [0.15, 0.2) is 5.11 Å². The van der Waals surface area contributed by atoms with E-state index in [1.807, 2.05) is 0 Å². The number of anilines is 1. The summed E-state index contributed by atoms with van der Waals surface area (Å²) >= 11 is 5.11. The number of benzene rings is 2. The molecule has 1 aliphatic heterocycles. The van der Waals surface area contributed by atoms with E-state index in [0.29, 0.717) is 11.4 Å². The second-order valence-electron chi connectivity index (χ2n) is 6.51. The van der Waals surface area contributed by atoms with E-state index >= 15 is 0 Å². The maximum absolute atomic E-state index is 13.6. The fraction of sp³-hybridized carbons (Fsp3) is 0. The number of thiocarbonyl (C=S) groups is 1. The van der Waals surface area contributed by atoms with Crippen LogP contribution in [0.15, 0.2) is 72.4 Å². The third-order valence-corrected chi connectivity index (χ3v) is 4.86. The molecule has 0 spiro atoms. The fourth-order valence-corrected chi connectivity index (χ4v) is 3.42. The summed E-state index contributed by atoms with van der Waals surface area (Å²) in [6.45, 7) is 0. The van der Waals surface area contributed by atoms with E-state index in [1.54, 1.807) is 35.0 Å². The molecule has 2 amide bonds. The molecule has 10 heteroatoms. The zero-order valence-corrected chi connectivity index (χ0v) is 16.5. The van der Waals surface area contributed by atoms with Crippen molar-refractivity contribution in [3.05, 3.63) is 94.1 Å². The Hall–Kier alpha value is -4.18. The average Bonchev–Trinajstić information content (AvgIpc) is 3.19. The van der Waals surface area contributed by atoms with E-state index in [4.69, 9.17) is 12.2 Å². The van der Waals surface area contributed by atoms with E-state index in [0.717, 1.165) is 11.0 Å². The monoisotopic (exact) mass is 436 g/mol. The van der Waals surface area contributed by atoms with Gasteiger partial charge in [0.1, 0.15) is 11.4 Å². The number of non-ortho nitro benzene ring substituents is 1. The van der Waals surface area contributed by atoms with Gasteiger partial charge in [0.25, 0.3) is 17.5 Å². The second kappa shape index (κ2) is 7.92. The zero-order valence-electron chi connectivity index (χ0n) is 15.7. The molecule has 1 aromatic heterocycles. The number of aromatic nitrogens is 1. The van der Waals surface area contributed by atoms with E-state index < -0.39 is 22.6 Å². The number of nitrogens with zero attached hydrogens (tertiary/aromatic N) is 3. The third kappa shape index (κ3) is 3.83. The van der Waals surface area contributed by atoms with Crippen LogP contribution in [0, 0.1) is 15.9 Å². The number of carbonyl (C=O) groups is 2. The van der Waals surface area contributed by atoms with E-state index in [-0.39, 0.29) is 22.1 Å². The van der Waals surface area contributed by atoms with Gasteiger partial charge in [-0.3, -0.25) is 29.9 Å². The first-order valence-corrected chi connectivity index (χ1v) is 9.35. The van der Waals surface area contributed by atoms with Gasteiger partial charge in [0.05, 0.1) is 10.6 Å². The van der Waals surface area contributed by atoms with Crippen LogP contribution in [0.4, 0.5) is 15.8 Å². The molecular formula is C21H13FN4O4S. The van der Waals surface area contributed by atoms with Crippen molar-refractivity contribution >= 4 is 46.6 Å². The van der Waals surface area contributed by atoms with Crippen molar-refractivity contribution in [1.82, 2.24) is 9.88 Å². The van der Waals surface area contributed by atoms with Gasteiger partial charge < -0.3 is 4.57 Å². The highest BCUT2D eigenvalue weighted by molar-refractivity contribution is 7.80. The van der Waals surface area contributed by atoms with Crippen molar-refractivity contribution < 1.29 is 18.9 Å². The summed E-state index contributed by atoms with van der Waals surface area (Å²) in [4.78, 5) is 36.9. The first-order valence-electron chi connectivity index (χ1n) is 8.94. The largest absolute Gasteiger partial charge is 0.317 e. The minimum absolute atomic E-state index is 0.0584. The van der Waals surface area contributed by atoms with Crippen molar-refractivity contribution in [2.75, 3.05) is 4.90 Å². The molecule has 0 saturated carbocycles. The Morgan fingerprint density at radius 1 is 1.03 bits per heavy atom. The summed E-state index contributed by atoms with van der Waals surface area (Å²) < 4.78 is 15.3. The molecule has 1 N–H and O–H groups in total. The fourth-order valence-electron chi connectivity index (χ4n) is 3.14. The lowest BCUT2D eigenvalue weighted by atomic mass is 10.1. The lowest BCUT2D eigenvalue weighted by Gasteiger charge is -2.29. The summed E-state index contributed by atoms with van der Waals surface area (Å²) in [6.07, 6.45) is 3.07. The average molecular weight is 436 g/mol. The van der Waals surface area contributed by atoms with Crippen LogP contribution in [0.2, 0.25) is 0 Å². The highest BCUT2D eigenvalue weighted by atomic mass is 32.1. The van der Waals surface area contributed by atoms with Gasteiger partial charge in [-0.1, -0.05) is 6.07 Å². The third-order valence-electron chi connectivity index (χ3n) is 4.58. The molecule has 154 valence electrons. The maximum atomic E-state index is 13.6. The standard InChI is InChI=1S/C21H13FN4O4S/c22-13-3-1-4-17(11-13)25-20(28)18(19(27)23-21(25)31)12-16-5-2-10-24(16)14-6-8-15(9-7-14)26(29)30/h1-12H,(H,23,27,31)/b18-12-. The highest BCUT2D eigenvalue weighted by Crippen LogP contribution is 2.24. The summed E-state index contributed by atoms with van der Waals surface area (Å²) in [7, 11) is 0. The van der Waals surface area contributed by atoms with Crippen LogP contribution in [-0.4, -0.2) is 26.4 Å². The van der Waals surface area contributed by atoms with Gasteiger partial charge in [-0.05, 0) is 60.8 Å². The first-order chi connectivity index (χ1) is 14.8. The molecule has 0 radical (unpaired) electrons. The molecule has 0 atom stereocenters. The van der Waals surface area contributed by atoms with Crippen LogP contribution in [0.25, 0.3) is 11.8 Å². The van der Waals surface area contributed by atoms with Crippen LogP contribution in [0.3, 0.4) is 0 Å². The molecule has 0 unspecified atom stereocenters. The molecule has 1 saturated heterocycles. The van der Waals surface area contributed by atoms with Gasteiger partial charge in [-0.25, -0.2) is 4.39 Å². The topological polar surface area (TPSA) is 97.5 Å². The van der Waals surface area contributed by atoms with Crippen molar-refractivity contribution in [3.8, 4) is 5.69 Å². The minimum atomic E-state index is -0.698. The minimum Gasteiger partial charge on any atom is -0.317 e. The number of nitrogens with one attached hydrogen (secondary N) is 1. The molecule has 0 aliphatic carbocycles. The number of amides is 2. The second-order valence-corrected chi connectivity index (χ2v) is 6.90. The molecule has 31 heavy (non-hydrogen) atoms. The van der Waals surface area contributed by atoms with E-state index in [9.17, 15) is 24.1 Å². The number of halogens is 1. The molecule has 3 aromatic rings. The number of hydrogen-bond acceptors (Lipinski definition) is 5. The van der Waals surface area contributed by atoms with Gasteiger partial charge in [-0.2, -0.15) is 0 Å². The highest BCUT2D eigenvalue weighted by Gasteiger charge is 2.34. The predicted octanol–water partition coefficient (Wildman–Crippen LogP) is 3.36. The van der Waals surface area contributed by atoms with E-state index in [1.165, 1.54) is 36.4 Å². The lowest BCUT2D eigenvalue weighted by molar-refractivity contribution is -0.384. The Morgan fingerprint density at radius 3 is 2.45 bits per heavy atom. The van der Waals surface area contributed by atoms with E-state index in [2.05, 4.69) is 5.32 Å². The Balaban J connectivity index is 1.72. The van der Waals surface area contributed by atoms with Gasteiger partial charge in [-0.15, -0.1) is 0 Å². The Bertz CT molecular complexity index is 1270. The normalized spacial score (nSPS) is 15.3. The summed E-state index contributed by atoms with van der Waals surface area (Å²) in [6, 6.07) is 14.5. The van der Waals surface area contributed by atoms with Crippen LogP contribution in [0.5, 0.6) is 0 Å². The molecule has 2 heterocycles. The summed E-state index contributed by atoms with van der Waals surface area (Å²) in [5, 5.41) is 13.2. The smallest absolute Gasteiger partial charge is 0.270 e. The SMILES string of the molecule is O=C1NC(=S)N(c2cccc(F)c2)C(=O)/C1=C\c1cccn1-c1ccc([N+](=O)[O-])cc1. The van der Waals surface area contributed by atoms with Crippen molar-refractivity contribution in [3.63, 3.8) is 0 Å². The molecule has 1 fully saturated rings. The van der Waals surface area contributed by atoms with Crippen molar-refractivity contribution in [2.45, 2.75) is 0 Å². The maximum Gasteiger partial charge on any atom is 0.270 e. The first kappa shape index (κ1) is 20.1. The lowest BCUT2D eigenvalue weighted by Crippen LogP contribution is -2.54. The Morgan fingerprint density at radius 2 is 1.77 bits per heavy atom. The number of nitro groups is 1. The van der Waals surface area contributed by atoms with Crippen molar-refractivity contribution in [1.29, 1.82) is 0 Å². The van der Waals surface area contributed by atoms with Gasteiger partial charge in [0.2, 0.25) is 0 Å². The Kier molecular flexibility index (Phi) is 5.14. The van der Waals surface area contributed by atoms with Crippen LogP contribution in [0.1, 0.15) is 5.69 Å². The number of nitro benzene ring substituents is 1. The van der Waals surface area contributed by atoms with Crippen molar-refractivity contribution in [2.24, 2.45) is 0 Å². The molecule has 0 bridgehead atoms. The predicted molar refractivity (Wildman–Crippen MR) is 115 cm³/mol. The Labute approximate surface area is 180 Å². The van der Waals surface area contributed by atoms with Crippen LogP contribution < -0.4 is 10.2 Å². The number of hydrogen-bond donors (Lipinski definition) is 1. The summed E-state index contributed by atoms with van der Waals surface area (Å²) in [5.41, 5.74) is 1.02. The zero-order chi connectivity index (χ0) is 22.1. The quantitative estimate of drug-likeness (QED) is 0.222.